The highest BCUT2D eigenvalue weighted by Gasteiger charge is 2.21. The fraction of sp³-hybridized carbons (Fsp3) is 0.385. The van der Waals surface area contributed by atoms with Gasteiger partial charge in [-0.1, -0.05) is 25.2 Å². The molecule has 0 fully saturated rings. The molecule has 1 heterocycles. The Hall–Kier alpha value is -1.47. The topological polar surface area (TPSA) is 52.5 Å². The minimum Gasteiger partial charge on any atom is -0.281 e. The zero-order valence-electron chi connectivity index (χ0n) is 9.97. The van der Waals surface area contributed by atoms with Crippen molar-refractivity contribution in [2.75, 3.05) is 6.26 Å². The molecule has 0 spiro atoms. The van der Waals surface area contributed by atoms with Crippen LogP contribution in [0, 0.1) is 17.2 Å². The van der Waals surface area contributed by atoms with Gasteiger partial charge in [0.1, 0.15) is 0 Å². The standard InChI is InChI=1S/C13H15N3S/c1-9-6-10(7-14)4-3-5-11(9)13-12(17-2)8-15-16-13/h3,5-6,8-9,11H,4H2,1-2H3,(H,15,16). The van der Waals surface area contributed by atoms with E-state index in [-0.39, 0.29) is 5.92 Å². The molecular formula is C13H15N3S. The molecule has 1 aromatic rings. The summed E-state index contributed by atoms with van der Waals surface area (Å²) >= 11 is 1.70. The van der Waals surface area contributed by atoms with E-state index in [9.17, 15) is 0 Å². The summed E-state index contributed by atoms with van der Waals surface area (Å²) in [5.74, 6) is 0.598. The average molecular weight is 245 g/mol. The van der Waals surface area contributed by atoms with Crippen LogP contribution in [0.3, 0.4) is 0 Å². The molecular weight excluding hydrogens is 230 g/mol. The number of nitrogens with one attached hydrogen (secondary N) is 1. The van der Waals surface area contributed by atoms with Crippen LogP contribution in [-0.2, 0) is 0 Å². The minimum absolute atomic E-state index is 0.283. The zero-order valence-corrected chi connectivity index (χ0v) is 10.8. The van der Waals surface area contributed by atoms with Crippen LogP contribution in [0.15, 0.2) is 34.9 Å². The van der Waals surface area contributed by atoms with Gasteiger partial charge in [-0.2, -0.15) is 10.4 Å². The number of aromatic amines is 1. The van der Waals surface area contributed by atoms with E-state index < -0.39 is 0 Å². The quantitative estimate of drug-likeness (QED) is 0.642. The summed E-state index contributed by atoms with van der Waals surface area (Å²) < 4.78 is 0. The Labute approximate surface area is 106 Å². The van der Waals surface area contributed by atoms with Gasteiger partial charge in [-0.25, -0.2) is 0 Å². The molecule has 0 aliphatic heterocycles. The van der Waals surface area contributed by atoms with E-state index in [4.69, 9.17) is 5.26 Å². The second-order valence-electron chi connectivity index (χ2n) is 4.17. The summed E-state index contributed by atoms with van der Waals surface area (Å²) in [5.41, 5.74) is 2.00. The van der Waals surface area contributed by atoms with E-state index in [1.165, 1.54) is 4.90 Å². The molecule has 0 amide bonds. The molecule has 2 rings (SSSR count). The molecule has 1 aliphatic carbocycles. The van der Waals surface area contributed by atoms with Crippen molar-refractivity contribution in [3.05, 3.63) is 35.7 Å². The van der Waals surface area contributed by atoms with Crippen LogP contribution in [-0.4, -0.2) is 16.5 Å². The molecule has 4 heteroatoms. The Balaban J connectivity index is 2.34. The van der Waals surface area contributed by atoms with Crippen molar-refractivity contribution < 1.29 is 0 Å². The van der Waals surface area contributed by atoms with Crippen LogP contribution in [0.25, 0.3) is 0 Å². The fourth-order valence-corrected chi connectivity index (χ4v) is 2.69. The molecule has 0 aromatic carbocycles. The second kappa shape index (κ2) is 5.24. The maximum absolute atomic E-state index is 8.97. The molecule has 88 valence electrons. The van der Waals surface area contributed by atoms with Gasteiger partial charge in [0.05, 0.1) is 18.0 Å². The maximum atomic E-state index is 8.97. The van der Waals surface area contributed by atoms with Crippen molar-refractivity contribution in [1.29, 1.82) is 5.26 Å². The number of nitrogens with zero attached hydrogens (tertiary/aromatic N) is 2. The molecule has 0 radical (unpaired) electrons. The van der Waals surface area contributed by atoms with Gasteiger partial charge in [-0.05, 0) is 12.2 Å². The van der Waals surface area contributed by atoms with Gasteiger partial charge < -0.3 is 0 Å². The van der Waals surface area contributed by atoms with Gasteiger partial charge in [0.15, 0.2) is 0 Å². The maximum Gasteiger partial charge on any atom is 0.0947 e. The third-order valence-corrected chi connectivity index (χ3v) is 3.81. The van der Waals surface area contributed by atoms with Crippen LogP contribution >= 0.6 is 11.8 Å². The Morgan fingerprint density at radius 1 is 1.59 bits per heavy atom. The first-order valence-electron chi connectivity index (χ1n) is 5.61. The summed E-state index contributed by atoms with van der Waals surface area (Å²) in [6.45, 7) is 2.14. The van der Waals surface area contributed by atoms with Gasteiger partial charge in [0.2, 0.25) is 0 Å². The molecule has 1 aliphatic rings. The molecule has 0 saturated carbocycles. The van der Waals surface area contributed by atoms with Crippen LogP contribution in [0.5, 0.6) is 0 Å². The first kappa shape index (κ1) is 12.0. The van der Waals surface area contributed by atoms with Crippen molar-refractivity contribution in [3.63, 3.8) is 0 Å². The van der Waals surface area contributed by atoms with Crippen molar-refractivity contribution in [1.82, 2.24) is 10.2 Å². The highest BCUT2D eigenvalue weighted by molar-refractivity contribution is 7.98. The summed E-state index contributed by atoms with van der Waals surface area (Å²) in [4.78, 5) is 1.18. The second-order valence-corrected chi connectivity index (χ2v) is 5.02. The van der Waals surface area contributed by atoms with Crippen molar-refractivity contribution >= 4 is 11.8 Å². The van der Waals surface area contributed by atoms with Gasteiger partial charge in [-0.15, -0.1) is 11.8 Å². The lowest BCUT2D eigenvalue weighted by Crippen LogP contribution is -2.06. The summed E-state index contributed by atoms with van der Waals surface area (Å²) in [6, 6.07) is 2.25. The van der Waals surface area contributed by atoms with E-state index >= 15 is 0 Å². The molecule has 1 N–H and O–H groups in total. The minimum atomic E-state index is 0.283. The van der Waals surface area contributed by atoms with E-state index in [1.807, 2.05) is 6.20 Å². The smallest absolute Gasteiger partial charge is 0.0947 e. The molecule has 17 heavy (non-hydrogen) atoms. The predicted octanol–water partition coefficient (Wildman–Crippen LogP) is 3.26. The normalized spacial score (nSPS) is 23.9. The number of thioether (sulfide) groups is 1. The van der Waals surface area contributed by atoms with E-state index in [1.54, 1.807) is 11.8 Å². The molecule has 2 atom stereocenters. The molecule has 2 unspecified atom stereocenters. The van der Waals surface area contributed by atoms with E-state index in [2.05, 4.69) is 47.7 Å². The van der Waals surface area contributed by atoms with Gasteiger partial charge in [0.25, 0.3) is 0 Å². The average Bonchev–Trinajstić information content (AvgIpc) is 2.72. The lowest BCUT2D eigenvalue weighted by molar-refractivity contribution is 0.617. The number of aromatic nitrogens is 2. The number of H-pyrrole nitrogens is 1. The Bertz CT molecular complexity index is 493. The van der Waals surface area contributed by atoms with Crippen molar-refractivity contribution in [3.8, 4) is 6.07 Å². The Morgan fingerprint density at radius 3 is 3.12 bits per heavy atom. The molecule has 1 aromatic heterocycles. The highest BCUT2D eigenvalue weighted by atomic mass is 32.2. The third-order valence-electron chi connectivity index (χ3n) is 3.04. The number of rotatable bonds is 2. The highest BCUT2D eigenvalue weighted by Crippen LogP contribution is 2.34. The van der Waals surface area contributed by atoms with Crippen molar-refractivity contribution in [2.24, 2.45) is 5.92 Å². The summed E-state index contributed by atoms with van der Waals surface area (Å²) in [5, 5.41) is 16.2. The van der Waals surface area contributed by atoms with Crippen LogP contribution in [0.1, 0.15) is 25.0 Å². The third kappa shape index (κ3) is 2.45. The molecule has 3 nitrogen and oxygen atoms in total. The van der Waals surface area contributed by atoms with E-state index in [0.29, 0.717) is 5.92 Å². The largest absolute Gasteiger partial charge is 0.281 e. The van der Waals surface area contributed by atoms with Crippen LogP contribution in [0.2, 0.25) is 0 Å². The van der Waals surface area contributed by atoms with Crippen LogP contribution < -0.4 is 0 Å². The number of allylic oxidation sites excluding steroid dienone is 4. The number of hydrogen-bond donors (Lipinski definition) is 1. The SMILES string of the molecule is CSc1cn[nH]c1C1C=CCC(C#N)=CC1C. The lowest BCUT2D eigenvalue weighted by atomic mass is 9.91. The van der Waals surface area contributed by atoms with Gasteiger partial charge in [0, 0.05) is 22.8 Å². The van der Waals surface area contributed by atoms with E-state index in [0.717, 1.165) is 17.7 Å². The zero-order chi connectivity index (χ0) is 12.3. The monoisotopic (exact) mass is 245 g/mol. The predicted molar refractivity (Wildman–Crippen MR) is 69.7 cm³/mol. The Kier molecular flexibility index (Phi) is 3.70. The fourth-order valence-electron chi connectivity index (χ4n) is 2.13. The van der Waals surface area contributed by atoms with Gasteiger partial charge in [-0.3, -0.25) is 5.10 Å². The summed E-state index contributed by atoms with van der Waals surface area (Å²) in [7, 11) is 0. The molecule has 0 saturated heterocycles. The lowest BCUT2D eigenvalue weighted by Gasteiger charge is -2.16. The Morgan fingerprint density at radius 2 is 2.41 bits per heavy atom. The van der Waals surface area contributed by atoms with Crippen molar-refractivity contribution in [2.45, 2.75) is 24.2 Å². The number of nitriles is 1. The van der Waals surface area contributed by atoms with Crippen LogP contribution in [0.4, 0.5) is 0 Å². The number of hydrogen-bond acceptors (Lipinski definition) is 3. The molecule has 0 bridgehead atoms. The first-order valence-corrected chi connectivity index (χ1v) is 6.83. The summed E-state index contributed by atoms with van der Waals surface area (Å²) in [6.07, 6.45) is 11.0. The van der Waals surface area contributed by atoms with Gasteiger partial charge >= 0.3 is 0 Å². The first-order chi connectivity index (χ1) is 8.26.